The van der Waals surface area contributed by atoms with Crippen molar-refractivity contribution in [3.05, 3.63) is 35.4 Å². The molecule has 0 saturated carbocycles. The first-order valence-corrected chi connectivity index (χ1v) is 9.50. The molecule has 0 aliphatic carbocycles. The van der Waals surface area contributed by atoms with Gasteiger partial charge in [0.05, 0.1) is 12.3 Å². The van der Waals surface area contributed by atoms with E-state index < -0.39 is 10.0 Å². The topological polar surface area (TPSA) is 92.5 Å². The molecule has 1 aromatic carbocycles. The Morgan fingerprint density at radius 2 is 1.83 bits per heavy atom. The van der Waals surface area contributed by atoms with Gasteiger partial charge in [-0.3, -0.25) is 4.79 Å². The van der Waals surface area contributed by atoms with Crippen molar-refractivity contribution in [2.45, 2.75) is 32.2 Å². The van der Waals surface area contributed by atoms with E-state index >= 15 is 0 Å². The van der Waals surface area contributed by atoms with Crippen LogP contribution in [0.1, 0.15) is 43.4 Å². The number of halogens is 1. The standard InChI is InChI=1S/C16H25N3O3S.ClH/c1-12(2)13-4-6-14(7-5-13)15(17)10-18-16(20)11-19-8-3-9-23(19,21)22;/h4-7,12,15H,3,8-11,17H2,1-2H3,(H,18,20);1H. The normalized spacial score (nSPS) is 18.2. The molecule has 1 fully saturated rings. The molecule has 6 nitrogen and oxygen atoms in total. The Labute approximate surface area is 150 Å². The Balaban J connectivity index is 0.00000288. The second-order valence-electron chi connectivity index (χ2n) is 6.24. The summed E-state index contributed by atoms with van der Waals surface area (Å²) in [7, 11) is -3.24. The molecule has 1 heterocycles. The predicted octanol–water partition coefficient (Wildman–Crippen LogP) is 1.38. The minimum absolute atomic E-state index is 0. The van der Waals surface area contributed by atoms with Gasteiger partial charge in [-0.15, -0.1) is 12.4 Å². The Kier molecular flexibility index (Phi) is 7.66. The van der Waals surface area contributed by atoms with Gasteiger partial charge in [0, 0.05) is 19.1 Å². The highest BCUT2D eigenvalue weighted by Gasteiger charge is 2.29. The molecule has 2 rings (SSSR count). The highest BCUT2D eigenvalue weighted by atomic mass is 35.5. The summed E-state index contributed by atoms with van der Waals surface area (Å²) >= 11 is 0. The minimum atomic E-state index is -3.24. The molecule has 1 aliphatic rings. The lowest BCUT2D eigenvalue weighted by Gasteiger charge is -2.17. The lowest BCUT2D eigenvalue weighted by molar-refractivity contribution is -0.121. The summed E-state index contributed by atoms with van der Waals surface area (Å²) < 4.78 is 24.6. The molecule has 3 N–H and O–H groups in total. The average molecular weight is 376 g/mol. The van der Waals surface area contributed by atoms with Gasteiger partial charge in [0.2, 0.25) is 15.9 Å². The zero-order chi connectivity index (χ0) is 17.0. The van der Waals surface area contributed by atoms with Crippen LogP contribution in [0.5, 0.6) is 0 Å². The number of nitrogens with one attached hydrogen (secondary N) is 1. The maximum atomic E-state index is 11.9. The van der Waals surface area contributed by atoms with Gasteiger partial charge in [0.25, 0.3) is 0 Å². The fourth-order valence-electron chi connectivity index (χ4n) is 2.55. The number of carbonyl (C=O) groups excluding carboxylic acids is 1. The summed E-state index contributed by atoms with van der Waals surface area (Å²) in [6.07, 6.45) is 0.581. The monoisotopic (exact) mass is 375 g/mol. The Morgan fingerprint density at radius 3 is 2.33 bits per heavy atom. The molecular formula is C16H26ClN3O3S. The van der Waals surface area contributed by atoms with Gasteiger partial charge in [0.15, 0.2) is 0 Å². The molecule has 1 amide bonds. The van der Waals surface area contributed by atoms with E-state index in [2.05, 4.69) is 19.2 Å². The zero-order valence-corrected chi connectivity index (χ0v) is 15.7. The molecule has 0 aromatic heterocycles. The van der Waals surface area contributed by atoms with Crippen LogP contribution in [-0.4, -0.2) is 44.0 Å². The summed E-state index contributed by atoms with van der Waals surface area (Å²) in [5.41, 5.74) is 8.27. The third-order valence-electron chi connectivity index (χ3n) is 4.07. The van der Waals surface area contributed by atoms with Crippen LogP contribution in [0.3, 0.4) is 0 Å². The van der Waals surface area contributed by atoms with E-state index in [1.165, 1.54) is 9.87 Å². The third kappa shape index (κ3) is 5.44. The van der Waals surface area contributed by atoms with Gasteiger partial charge in [-0.05, 0) is 23.5 Å². The van der Waals surface area contributed by atoms with Crippen LogP contribution in [0.4, 0.5) is 0 Å². The summed E-state index contributed by atoms with van der Waals surface area (Å²) in [4.78, 5) is 11.9. The largest absolute Gasteiger partial charge is 0.353 e. The SMILES string of the molecule is CC(C)c1ccc(C(N)CNC(=O)CN2CCCS2(=O)=O)cc1.Cl. The van der Waals surface area contributed by atoms with E-state index in [0.29, 0.717) is 18.9 Å². The average Bonchev–Trinajstić information content (AvgIpc) is 2.83. The molecule has 0 radical (unpaired) electrons. The quantitative estimate of drug-likeness (QED) is 0.785. The van der Waals surface area contributed by atoms with Gasteiger partial charge in [-0.25, -0.2) is 8.42 Å². The van der Waals surface area contributed by atoms with Crippen molar-refractivity contribution < 1.29 is 13.2 Å². The molecule has 1 aliphatic heterocycles. The fraction of sp³-hybridized carbons (Fsp3) is 0.562. The lowest BCUT2D eigenvalue weighted by Crippen LogP contribution is -2.40. The van der Waals surface area contributed by atoms with Crippen LogP contribution in [0, 0.1) is 0 Å². The van der Waals surface area contributed by atoms with Crippen LogP contribution in [0.2, 0.25) is 0 Å². The summed E-state index contributed by atoms with van der Waals surface area (Å²) in [6.45, 7) is 4.83. The highest BCUT2D eigenvalue weighted by Crippen LogP contribution is 2.17. The molecule has 24 heavy (non-hydrogen) atoms. The van der Waals surface area contributed by atoms with Gasteiger partial charge in [-0.2, -0.15) is 4.31 Å². The molecule has 1 unspecified atom stereocenters. The number of rotatable bonds is 6. The van der Waals surface area contributed by atoms with Crippen molar-refractivity contribution in [3.63, 3.8) is 0 Å². The molecule has 8 heteroatoms. The molecule has 0 bridgehead atoms. The maximum Gasteiger partial charge on any atom is 0.235 e. The maximum absolute atomic E-state index is 11.9. The van der Waals surface area contributed by atoms with Crippen LogP contribution in [-0.2, 0) is 14.8 Å². The molecule has 1 atom stereocenters. The van der Waals surface area contributed by atoms with E-state index in [0.717, 1.165) is 5.56 Å². The van der Waals surface area contributed by atoms with E-state index in [1.807, 2.05) is 24.3 Å². The second-order valence-corrected chi connectivity index (χ2v) is 8.32. The van der Waals surface area contributed by atoms with Gasteiger partial charge in [0.1, 0.15) is 0 Å². The first-order chi connectivity index (χ1) is 10.8. The summed E-state index contributed by atoms with van der Waals surface area (Å²) in [5, 5.41) is 2.71. The number of nitrogens with two attached hydrogens (primary N) is 1. The Morgan fingerprint density at radius 1 is 1.25 bits per heavy atom. The number of amides is 1. The molecular weight excluding hydrogens is 350 g/mol. The molecule has 136 valence electrons. The van der Waals surface area contributed by atoms with Gasteiger partial charge < -0.3 is 11.1 Å². The molecule has 1 saturated heterocycles. The van der Waals surface area contributed by atoms with Crippen molar-refractivity contribution in [2.24, 2.45) is 5.73 Å². The predicted molar refractivity (Wildman–Crippen MR) is 97.7 cm³/mol. The molecule has 1 aromatic rings. The van der Waals surface area contributed by atoms with Crippen LogP contribution in [0.15, 0.2) is 24.3 Å². The van der Waals surface area contributed by atoms with Crippen molar-refractivity contribution in [1.82, 2.24) is 9.62 Å². The first kappa shape index (κ1) is 20.9. The highest BCUT2D eigenvalue weighted by molar-refractivity contribution is 7.89. The van der Waals surface area contributed by atoms with Gasteiger partial charge >= 0.3 is 0 Å². The van der Waals surface area contributed by atoms with E-state index in [4.69, 9.17) is 5.73 Å². The van der Waals surface area contributed by atoms with Crippen molar-refractivity contribution in [1.29, 1.82) is 0 Å². The summed E-state index contributed by atoms with van der Waals surface area (Å²) in [6, 6.07) is 7.71. The zero-order valence-electron chi connectivity index (χ0n) is 14.1. The van der Waals surface area contributed by atoms with Crippen molar-refractivity contribution in [2.75, 3.05) is 25.4 Å². The van der Waals surface area contributed by atoms with E-state index in [-0.39, 0.29) is 43.2 Å². The van der Waals surface area contributed by atoms with Crippen LogP contribution in [0.25, 0.3) is 0 Å². The number of hydrogen-bond acceptors (Lipinski definition) is 4. The number of hydrogen-bond donors (Lipinski definition) is 2. The Bertz CT molecular complexity index is 647. The third-order valence-corrected chi connectivity index (χ3v) is 5.98. The number of carbonyl (C=O) groups is 1. The van der Waals surface area contributed by atoms with E-state index in [9.17, 15) is 13.2 Å². The first-order valence-electron chi connectivity index (χ1n) is 7.89. The van der Waals surface area contributed by atoms with E-state index in [1.54, 1.807) is 0 Å². The second kappa shape index (κ2) is 8.80. The fourth-order valence-corrected chi connectivity index (χ4v) is 4.03. The van der Waals surface area contributed by atoms with Gasteiger partial charge in [-0.1, -0.05) is 38.1 Å². The van der Waals surface area contributed by atoms with Crippen molar-refractivity contribution in [3.8, 4) is 0 Å². The smallest absolute Gasteiger partial charge is 0.235 e. The molecule has 0 spiro atoms. The van der Waals surface area contributed by atoms with Crippen LogP contribution < -0.4 is 11.1 Å². The number of benzene rings is 1. The minimum Gasteiger partial charge on any atom is -0.353 e. The number of nitrogens with zero attached hydrogens (tertiary/aromatic N) is 1. The number of sulfonamides is 1. The van der Waals surface area contributed by atoms with Crippen molar-refractivity contribution >= 4 is 28.3 Å². The Hall–Kier alpha value is -1.15. The summed E-state index contributed by atoms with van der Waals surface area (Å²) in [5.74, 6) is 0.272. The van der Waals surface area contributed by atoms with Crippen LogP contribution >= 0.6 is 12.4 Å². The lowest BCUT2D eigenvalue weighted by atomic mass is 9.99.